The Morgan fingerprint density at radius 1 is 1.16 bits per heavy atom. The summed E-state index contributed by atoms with van der Waals surface area (Å²) in [6.07, 6.45) is 0. The van der Waals surface area contributed by atoms with Crippen LogP contribution < -0.4 is 14.7 Å². The van der Waals surface area contributed by atoms with Crippen molar-refractivity contribution in [3.05, 3.63) is 52.1 Å². The van der Waals surface area contributed by atoms with Crippen molar-refractivity contribution in [2.24, 2.45) is 24.3 Å². The number of rotatable bonds is 6. The van der Waals surface area contributed by atoms with Gasteiger partial charge in [0.05, 0.1) is 15.6 Å². The van der Waals surface area contributed by atoms with Crippen molar-refractivity contribution in [2.75, 3.05) is 18.0 Å². The van der Waals surface area contributed by atoms with Crippen LogP contribution in [0.15, 0.2) is 46.6 Å². The molecular weight excluding hydrogens is 412 g/mol. The Labute approximate surface area is 186 Å². The van der Waals surface area contributed by atoms with E-state index in [2.05, 4.69) is 35.0 Å². The van der Waals surface area contributed by atoms with E-state index in [0.29, 0.717) is 11.2 Å². The van der Waals surface area contributed by atoms with Crippen LogP contribution in [0, 0.1) is 17.0 Å². The minimum Gasteiger partial charge on any atom is -0.550 e. The largest absolute Gasteiger partial charge is 0.550 e. The molecule has 0 N–H and O–H groups in total. The first-order valence-electron chi connectivity index (χ1n) is 10.2. The van der Waals surface area contributed by atoms with Gasteiger partial charge in [-0.05, 0) is 62.6 Å². The smallest absolute Gasteiger partial charge is 0.378 e. The van der Waals surface area contributed by atoms with E-state index < -0.39 is 10.9 Å². The van der Waals surface area contributed by atoms with Crippen molar-refractivity contribution >= 4 is 39.8 Å². The van der Waals surface area contributed by atoms with Gasteiger partial charge in [-0.2, -0.15) is 4.68 Å². The SMILES string of the molecule is CC(=O)[O-].CCN(CC)c1ccc(N=Nc2c3cc([N+](=O)[O-])ccc3n(C)[n+]2C)c(C)c1. The summed E-state index contributed by atoms with van der Waals surface area (Å²) in [4.78, 5) is 21.9. The second kappa shape index (κ2) is 10.5. The van der Waals surface area contributed by atoms with Crippen LogP contribution in [0.4, 0.5) is 22.9 Å². The number of nitro groups is 1. The number of nitro benzene ring substituents is 1. The third-order valence-corrected chi connectivity index (χ3v) is 5.10. The summed E-state index contributed by atoms with van der Waals surface area (Å²) < 4.78 is 3.72. The van der Waals surface area contributed by atoms with Crippen molar-refractivity contribution < 1.29 is 19.5 Å². The van der Waals surface area contributed by atoms with Gasteiger partial charge >= 0.3 is 5.82 Å². The number of carboxylic acids is 1. The first-order valence-corrected chi connectivity index (χ1v) is 10.2. The fraction of sp³-hybridized carbons (Fsp3) is 0.364. The van der Waals surface area contributed by atoms with Gasteiger partial charge in [-0.3, -0.25) is 10.1 Å². The Bertz CT molecular complexity index is 1160. The molecule has 1 heterocycles. The zero-order chi connectivity index (χ0) is 24.0. The lowest BCUT2D eigenvalue weighted by Gasteiger charge is -2.21. The lowest BCUT2D eigenvalue weighted by molar-refractivity contribution is -0.737. The van der Waals surface area contributed by atoms with E-state index in [4.69, 9.17) is 9.90 Å². The van der Waals surface area contributed by atoms with Crippen LogP contribution in [0.3, 0.4) is 0 Å². The fourth-order valence-corrected chi connectivity index (χ4v) is 3.33. The molecule has 0 aliphatic carbocycles. The van der Waals surface area contributed by atoms with E-state index in [1.807, 2.05) is 42.5 Å². The van der Waals surface area contributed by atoms with Crippen molar-refractivity contribution in [1.82, 2.24) is 4.68 Å². The van der Waals surface area contributed by atoms with E-state index in [1.54, 1.807) is 12.1 Å². The second-order valence-corrected chi connectivity index (χ2v) is 7.16. The highest BCUT2D eigenvalue weighted by Gasteiger charge is 2.22. The number of azo groups is 1. The highest BCUT2D eigenvalue weighted by Crippen LogP contribution is 2.30. The Morgan fingerprint density at radius 3 is 2.31 bits per heavy atom. The van der Waals surface area contributed by atoms with Crippen LogP contribution >= 0.6 is 0 Å². The first-order chi connectivity index (χ1) is 15.1. The molecule has 0 aliphatic rings. The molecule has 0 radical (unpaired) electrons. The van der Waals surface area contributed by atoms with Gasteiger partial charge in [0.25, 0.3) is 5.69 Å². The molecule has 3 aromatic rings. The number of benzene rings is 2. The number of hydrogen-bond acceptors (Lipinski definition) is 7. The molecule has 0 amide bonds. The molecule has 170 valence electrons. The first kappa shape index (κ1) is 24.4. The molecule has 0 saturated carbocycles. The summed E-state index contributed by atoms with van der Waals surface area (Å²) in [5.41, 5.74) is 3.86. The Balaban J connectivity index is 0.000000837. The number of fused-ring (bicyclic) bond motifs is 1. The number of nitrogens with zero attached hydrogens (tertiary/aromatic N) is 6. The van der Waals surface area contributed by atoms with E-state index in [0.717, 1.165) is 42.5 Å². The molecule has 1 aromatic heterocycles. The molecule has 0 unspecified atom stereocenters. The van der Waals surface area contributed by atoms with Gasteiger partial charge in [0.15, 0.2) is 0 Å². The van der Waals surface area contributed by atoms with Crippen LogP contribution in [-0.4, -0.2) is 28.7 Å². The normalized spacial score (nSPS) is 10.8. The Hall–Kier alpha value is -3.82. The molecule has 0 spiro atoms. The molecular formula is C22H28N6O4. The molecule has 0 saturated heterocycles. The average molecular weight is 441 g/mol. The van der Waals surface area contributed by atoms with Gasteiger partial charge in [0.2, 0.25) is 0 Å². The van der Waals surface area contributed by atoms with Gasteiger partial charge in [0, 0.05) is 43.9 Å². The molecule has 32 heavy (non-hydrogen) atoms. The van der Waals surface area contributed by atoms with Gasteiger partial charge in [-0.15, -0.1) is 0 Å². The van der Waals surface area contributed by atoms with Gasteiger partial charge < -0.3 is 14.8 Å². The maximum Gasteiger partial charge on any atom is 0.378 e. The Morgan fingerprint density at radius 2 is 1.78 bits per heavy atom. The fourth-order valence-electron chi connectivity index (χ4n) is 3.33. The molecule has 0 fully saturated rings. The zero-order valence-corrected chi connectivity index (χ0v) is 19.2. The summed E-state index contributed by atoms with van der Waals surface area (Å²) in [7, 11) is 3.74. The highest BCUT2D eigenvalue weighted by molar-refractivity contribution is 5.88. The Kier molecular flexibility index (Phi) is 8.00. The number of aryl methyl sites for hydroxylation is 2. The van der Waals surface area contributed by atoms with Crippen LogP contribution in [-0.2, 0) is 18.9 Å². The number of anilines is 1. The molecule has 10 heteroatoms. The van der Waals surface area contributed by atoms with Crippen molar-refractivity contribution in [1.29, 1.82) is 0 Å². The zero-order valence-electron chi connectivity index (χ0n) is 19.2. The van der Waals surface area contributed by atoms with Gasteiger partial charge in [0.1, 0.15) is 18.1 Å². The second-order valence-electron chi connectivity index (χ2n) is 7.16. The number of aliphatic carboxylic acids is 1. The predicted molar refractivity (Wildman–Crippen MR) is 120 cm³/mol. The molecule has 0 bridgehead atoms. The van der Waals surface area contributed by atoms with Crippen molar-refractivity contribution in [3.8, 4) is 0 Å². The molecule has 2 aromatic carbocycles. The van der Waals surface area contributed by atoms with Gasteiger partial charge in [-0.1, -0.05) is 0 Å². The number of hydrogen-bond donors (Lipinski definition) is 0. The van der Waals surface area contributed by atoms with Crippen LogP contribution in [0.25, 0.3) is 10.9 Å². The van der Waals surface area contributed by atoms with E-state index in [-0.39, 0.29) is 5.69 Å². The molecule has 0 atom stereocenters. The van der Waals surface area contributed by atoms with Crippen LogP contribution in [0.5, 0.6) is 0 Å². The van der Waals surface area contributed by atoms with Crippen LogP contribution in [0.1, 0.15) is 26.3 Å². The summed E-state index contributed by atoms with van der Waals surface area (Å²) in [5, 5.41) is 29.6. The standard InChI is InChI=1S/C20H25N6O2.C2H4O2/c1-6-25(7-2)15-8-10-18(14(3)12-15)21-22-20-17-13-16(26(27)28)9-11-19(17)23(4)24(20)5;1-2(3)4/h8-13H,6-7H2,1-5H3;1H3,(H,3,4)/q+1;/p-1. The maximum atomic E-state index is 11.1. The third-order valence-electron chi connectivity index (χ3n) is 5.10. The lowest BCUT2D eigenvalue weighted by Crippen LogP contribution is -2.36. The molecule has 10 nitrogen and oxygen atoms in total. The van der Waals surface area contributed by atoms with Crippen molar-refractivity contribution in [2.45, 2.75) is 27.7 Å². The van der Waals surface area contributed by atoms with Crippen LogP contribution in [0.2, 0.25) is 0 Å². The topological polar surface area (TPSA) is 120 Å². The van der Waals surface area contributed by atoms with Gasteiger partial charge in [-0.25, -0.2) is 4.68 Å². The predicted octanol–water partition coefficient (Wildman–Crippen LogP) is 3.24. The summed E-state index contributed by atoms with van der Waals surface area (Å²) in [6, 6.07) is 10.9. The number of carbonyl (C=O) groups excluding carboxylic acids is 1. The summed E-state index contributed by atoms with van der Waals surface area (Å²) >= 11 is 0. The number of carbonyl (C=O) groups is 1. The minimum absolute atomic E-state index is 0.0370. The van der Waals surface area contributed by atoms with E-state index >= 15 is 0 Å². The quantitative estimate of drug-likeness (QED) is 0.252. The molecule has 3 rings (SSSR count). The monoisotopic (exact) mass is 440 g/mol. The highest BCUT2D eigenvalue weighted by atomic mass is 16.6. The number of carboxylic acid groups (broad SMARTS) is 1. The number of non-ortho nitro benzene ring substituents is 1. The van der Waals surface area contributed by atoms with E-state index in [1.165, 1.54) is 6.07 Å². The minimum atomic E-state index is -1.08. The number of aromatic nitrogens is 2. The summed E-state index contributed by atoms with van der Waals surface area (Å²) in [6.45, 7) is 9.14. The molecule has 0 aliphatic heterocycles. The third kappa shape index (κ3) is 5.45. The average Bonchev–Trinajstić information content (AvgIpc) is 2.97. The van der Waals surface area contributed by atoms with E-state index in [9.17, 15) is 10.1 Å². The lowest BCUT2D eigenvalue weighted by atomic mass is 10.1. The summed E-state index contributed by atoms with van der Waals surface area (Å²) in [5.74, 6) is -0.506. The maximum absolute atomic E-state index is 11.1. The van der Waals surface area contributed by atoms with Crippen molar-refractivity contribution in [3.63, 3.8) is 0 Å².